The molecule has 0 atom stereocenters. The van der Waals surface area contributed by atoms with Crippen molar-refractivity contribution in [3.8, 4) is 0 Å². The molecule has 1 aromatic carbocycles. The monoisotopic (exact) mass is 290 g/mol. The second-order valence-corrected chi connectivity index (χ2v) is 6.12. The van der Waals surface area contributed by atoms with E-state index in [1.165, 1.54) is 12.5 Å². The number of aryl methyl sites for hydroxylation is 3. The molecule has 1 rings (SSSR count). The van der Waals surface area contributed by atoms with Crippen LogP contribution in [0, 0.1) is 26.7 Å². The van der Waals surface area contributed by atoms with Gasteiger partial charge in [0.1, 0.15) is 0 Å². The summed E-state index contributed by atoms with van der Waals surface area (Å²) in [7, 11) is 0. The lowest BCUT2D eigenvalue weighted by atomic mass is 10.1. The Morgan fingerprint density at radius 2 is 1.67 bits per heavy atom. The lowest BCUT2D eigenvalue weighted by Crippen LogP contribution is -2.39. The summed E-state index contributed by atoms with van der Waals surface area (Å²) >= 11 is 0. The van der Waals surface area contributed by atoms with Crippen LogP contribution in [-0.2, 0) is 9.59 Å². The van der Waals surface area contributed by atoms with Crippen molar-refractivity contribution in [1.82, 2.24) is 4.90 Å². The molecule has 0 radical (unpaired) electrons. The van der Waals surface area contributed by atoms with Crippen LogP contribution in [0.5, 0.6) is 0 Å². The molecule has 0 saturated carbocycles. The van der Waals surface area contributed by atoms with Gasteiger partial charge < -0.3 is 10.2 Å². The average Bonchev–Trinajstić information content (AvgIpc) is 2.32. The molecule has 0 saturated heterocycles. The summed E-state index contributed by atoms with van der Waals surface area (Å²) < 4.78 is 0. The van der Waals surface area contributed by atoms with Gasteiger partial charge in [0.05, 0.1) is 6.54 Å². The molecule has 0 spiro atoms. The fourth-order valence-electron chi connectivity index (χ4n) is 2.47. The minimum absolute atomic E-state index is 0.0730. The molecule has 0 bridgehead atoms. The summed E-state index contributed by atoms with van der Waals surface area (Å²) in [5.41, 5.74) is 4.10. The number of carbonyl (C=O) groups excluding carboxylic acids is 2. The molecule has 0 unspecified atom stereocenters. The highest BCUT2D eigenvalue weighted by atomic mass is 16.2. The van der Waals surface area contributed by atoms with E-state index in [2.05, 4.69) is 5.32 Å². The van der Waals surface area contributed by atoms with Crippen LogP contribution in [0.4, 0.5) is 5.69 Å². The van der Waals surface area contributed by atoms with Crippen LogP contribution in [-0.4, -0.2) is 29.8 Å². The lowest BCUT2D eigenvalue weighted by Gasteiger charge is -2.23. The molecule has 0 aliphatic rings. The zero-order chi connectivity index (χ0) is 16.2. The number of nitrogens with one attached hydrogen (secondary N) is 1. The normalized spacial score (nSPS) is 10.6. The molecule has 0 heterocycles. The zero-order valence-electron chi connectivity index (χ0n) is 13.9. The number of carbonyl (C=O) groups is 2. The highest BCUT2D eigenvalue weighted by Gasteiger charge is 2.16. The van der Waals surface area contributed by atoms with E-state index >= 15 is 0 Å². The van der Waals surface area contributed by atoms with Gasteiger partial charge in [0, 0.05) is 19.2 Å². The Morgan fingerprint density at radius 1 is 1.14 bits per heavy atom. The smallest absolute Gasteiger partial charge is 0.244 e. The van der Waals surface area contributed by atoms with Crippen LogP contribution < -0.4 is 5.32 Å². The zero-order valence-corrected chi connectivity index (χ0v) is 13.9. The first kappa shape index (κ1) is 17.2. The second-order valence-electron chi connectivity index (χ2n) is 6.12. The van der Waals surface area contributed by atoms with Gasteiger partial charge in [0.2, 0.25) is 11.8 Å². The number of anilines is 1. The maximum atomic E-state index is 12.2. The van der Waals surface area contributed by atoms with Crippen molar-refractivity contribution < 1.29 is 9.59 Å². The number of hydrogen-bond acceptors (Lipinski definition) is 2. The number of benzene rings is 1. The highest BCUT2D eigenvalue weighted by Crippen LogP contribution is 2.21. The third kappa shape index (κ3) is 5.21. The van der Waals surface area contributed by atoms with E-state index in [-0.39, 0.29) is 18.4 Å². The third-order valence-electron chi connectivity index (χ3n) is 3.31. The van der Waals surface area contributed by atoms with Gasteiger partial charge in [0.15, 0.2) is 0 Å². The molecule has 0 fully saturated rings. The SMILES string of the molecule is CC(=O)N(CC(=O)Nc1c(C)cc(C)cc1C)CC(C)C. The fraction of sp³-hybridized carbons (Fsp3) is 0.529. The first-order valence-corrected chi connectivity index (χ1v) is 7.34. The van der Waals surface area contributed by atoms with Crippen LogP contribution >= 0.6 is 0 Å². The molecule has 0 aliphatic heterocycles. The summed E-state index contributed by atoms with van der Waals surface area (Å²) in [5, 5.41) is 2.93. The van der Waals surface area contributed by atoms with E-state index < -0.39 is 0 Å². The van der Waals surface area contributed by atoms with Gasteiger partial charge in [0.25, 0.3) is 0 Å². The summed E-state index contributed by atoms with van der Waals surface area (Å²) in [6.07, 6.45) is 0. The van der Waals surface area contributed by atoms with Gasteiger partial charge in [-0.15, -0.1) is 0 Å². The number of hydrogen-bond donors (Lipinski definition) is 1. The number of rotatable bonds is 5. The Balaban J connectivity index is 2.79. The maximum Gasteiger partial charge on any atom is 0.244 e. The molecular formula is C17H26N2O2. The van der Waals surface area contributed by atoms with Crippen LogP contribution in [0.2, 0.25) is 0 Å². The van der Waals surface area contributed by atoms with Crippen molar-refractivity contribution in [2.75, 3.05) is 18.4 Å². The van der Waals surface area contributed by atoms with Gasteiger partial charge >= 0.3 is 0 Å². The Bertz CT molecular complexity index is 513. The molecule has 2 amide bonds. The van der Waals surface area contributed by atoms with E-state index in [0.29, 0.717) is 12.5 Å². The van der Waals surface area contributed by atoms with Crippen molar-refractivity contribution in [2.24, 2.45) is 5.92 Å². The van der Waals surface area contributed by atoms with E-state index in [1.54, 1.807) is 4.90 Å². The number of amides is 2. The van der Waals surface area contributed by atoms with Gasteiger partial charge in [-0.05, 0) is 37.8 Å². The van der Waals surface area contributed by atoms with Crippen molar-refractivity contribution in [2.45, 2.75) is 41.5 Å². The Morgan fingerprint density at radius 3 is 2.10 bits per heavy atom. The van der Waals surface area contributed by atoms with Gasteiger partial charge in [-0.25, -0.2) is 0 Å². The van der Waals surface area contributed by atoms with Crippen molar-refractivity contribution in [3.05, 3.63) is 28.8 Å². The van der Waals surface area contributed by atoms with Crippen LogP contribution in [0.25, 0.3) is 0 Å². The first-order valence-electron chi connectivity index (χ1n) is 7.34. The minimum Gasteiger partial charge on any atom is -0.333 e. The van der Waals surface area contributed by atoms with E-state index in [4.69, 9.17) is 0 Å². The summed E-state index contributed by atoms with van der Waals surface area (Å²) in [4.78, 5) is 25.4. The largest absolute Gasteiger partial charge is 0.333 e. The molecule has 116 valence electrons. The molecular weight excluding hydrogens is 264 g/mol. The predicted octanol–water partition coefficient (Wildman–Crippen LogP) is 3.05. The minimum atomic E-state index is -0.152. The van der Waals surface area contributed by atoms with Gasteiger partial charge in [-0.1, -0.05) is 31.5 Å². The van der Waals surface area contributed by atoms with Crippen molar-refractivity contribution >= 4 is 17.5 Å². The van der Waals surface area contributed by atoms with Crippen molar-refractivity contribution in [3.63, 3.8) is 0 Å². The summed E-state index contributed by atoms with van der Waals surface area (Å²) in [6.45, 7) is 12.2. The highest BCUT2D eigenvalue weighted by molar-refractivity contribution is 5.95. The van der Waals surface area contributed by atoms with Crippen LogP contribution in [0.1, 0.15) is 37.5 Å². The topological polar surface area (TPSA) is 49.4 Å². The maximum absolute atomic E-state index is 12.2. The Hall–Kier alpha value is -1.84. The number of nitrogens with zero attached hydrogens (tertiary/aromatic N) is 1. The average molecular weight is 290 g/mol. The van der Waals surface area contributed by atoms with Crippen molar-refractivity contribution in [1.29, 1.82) is 0 Å². The quantitative estimate of drug-likeness (QED) is 0.906. The molecule has 21 heavy (non-hydrogen) atoms. The molecule has 4 heteroatoms. The Labute approximate surface area is 127 Å². The van der Waals surface area contributed by atoms with Gasteiger partial charge in [-0.3, -0.25) is 9.59 Å². The van der Waals surface area contributed by atoms with Gasteiger partial charge in [-0.2, -0.15) is 0 Å². The third-order valence-corrected chi connectivity index (χ3v) is 3.31. The summed E-state index contributed by atoms with van der Waals surface area (Å²) in [6, 6.07) is 4.08. The van der Waals surface area contributed by atoms with E-state index in [9.17, 15) is 9.59 Å². The van der Waals surface area contributed by atoms with E-state index in [0.717, 1.165) is 16.8 Å². The fourth-order valence-corrected chi connectivity index (χ4v) is 2.47. The molecule has 1 N–H and O–H groups in total. The standard InChI is InChI=1S/C17H26N2O2/c1-11(2)9-19(15(6)20)10-16(21)18-17-13(4)7-12(3)8-14(17)5/h7-8,11H,9-10H2,1-6H3,(H,18,21). The molecule has 0 aliphatic carbocycles. The molecule has 0 aromatic heterocycles. The Kier molecular flexibility index (Phi) is 5.94. The molecule has 1 aromatic rings. The molecule has 4 nitrogen and oxygen atoms in total. The lowest BCUT2D eigenvalue weighted by molar-refractivity contribution is -0.133. The second kappa shape index (κ2) is 7.25. The van der Waals surface area contributed by atoms with E-state index in [1.807, 2.05) is 46.8 Å². The van der Waals surface area contributed by atoms with Crippen LogP contribution in [0.15, 0.2) is 12.1 Å². The first-order chi connectivity index (χ1) is 9.70. The van der Waals surface area contributed by atoms with Crippen LogP contribution in [0.3, 0.4) is 0 Å². The summed E-state index contributed by atoms with van der Waals surface area (Å²) in [5.74, 6) is 0.113. The predicted molar refractivity (Wildman–Crippen MR) is 86.4 cm³/mol.